The Kier molecular flexibility index (Phi) is 1.39. The summed E-state index contributed by atoms with van der Waals surface area (Å²) >= 11 is 0. The molecule has 0 fully saturated rings. The highest BCUT2D eigenvalue weighted by Gasteiger charge is 2.25. The third kappa shape index (κ3) is 0.884. The summed E-state index contributed by atoms with van der Waals surface area (Å²) in [6, 6.07) is 0. The molecular formula is C6H6N4O2. The molecule has 0 atom stereocenters. The van der Waals surface area contributed by atoms with Gasteiger partial charge in [0.2, 0.25) is 0 Å². The van der Waals surface area contributed by atoms with Crippen LogP contribution in [0.4, 0.5) is 0 Å². The van der Waals surface area contributed by atoms with E-state index in [0.717, 1.165) is 6.42 Å². The van der Waals surface area contributed by atoms with Gasteiger partial charge in [-0.2, -0.15) is 10.3 Å². The van der Waals surface area contributed by atoms with E-state index in [1.807, 2.05) is 0 Å². The first-order valence-electron chi connectivity index (χ1n) is 3.53. The van der Waals surface area contributed by atoms with Crippen molar-refractivity contribution in [3.63, 3.8) is 0 Å². The Labute approximate surface area is 67.4 Å². The van der Waals surface area contributed by atoms with E-state index in [-0.39, 0.29) is 5.70 Å². The molecule has 12 heavy (non-hydrogen) atoms. The number of hydrogen-bond donors (Lipinski definition) is 1. The highest BCUT2D eigenvalue weighted by molar-refractivity contribution is 5.58. The molecule has 0 unspecified atom stereocenters. The minimum absolute atomic E-state index is 0.0602. The number of aromatic nitrogens is 3. The Morgan fingerprint density at radius 1 is 1.58 bits per heavy atom. The molecule has 0 aromatic carbocycles. The van der Waals surface area contributed by atoms with Crippen LogP contribution < -0.4 is 0 Å². The quantitative estimate of drug-likeness (QED) is 0.482. The van der Waals surface area contributed by atoms with E-state index in [9.17, 15) is 10.1 Å². The van der Waals surface area contributed by atoms with Crippen molar-refractivity contribution >= 4 is 5.70 Å². The molecule has 0 saturated carbocycles. The Bertz CT molecular complexity index is 354. The molecule has 2 rings (SSSR count). The third-order valence-corrected chi connectivity index (χ3v) is 1.78. The van der Waals surface area contributed by atoms with Crippen molar-refractivity contribution < 1.29 is 4.92 Å². The summed E-state index contributed by atoms with van der Waals surface area (Å²) in [6.45, 7) is 0. The lowest BCUT2D eigenvalue weighted by atomic mass is 10.1. The summed E-state index contributed by atoms with van der Waals surface area (Å²) < 4.78 is 0. The van der Waals surface area contributed by atoms with Crippen LogP contribution in [0.25, 0.3) is 5.70 Å². The van der Waals surface area contributed by atoms with Crippen LogP contribution in [0, 0.1) is 10.1 Å². The maximum atomic E-state index is 10.5. The van der Waals surface area contributed by atoms with E-state index in [1.54, 1.807) is 6.08 Å². The highest BCUT2D eigenvalue weighted by Crippen LogP contribution is 2.22. The summed E-state index contributed by atoms with van der Waals surface area (Å²) in [7, 11) is 0. The largest absolute Gasteiger partial charge is 0.294 e. The Hall–Kier alpha value is -1.72. The number of allylic oxidation sites excluding steroid dienone is 1. The summed E-state index contributed by atoms with van der Waals surface area (Å²) in [5, 5.41) is 20.4. The number of aromatic amines is 1. The van der Waals surface area contributed by atoms with Gasteiger partial charge in [0, 0.05) is 0 Å². The lowest BCUT2D eigenvalue weighted by Crippen LogP contribution is -2.05. The fourth-order valence-electron chi connectivity index (χ4n) is 1.24. The zero-order valence-electron chi connectivity index (χ0n) is 6.15. The summed E-state index contributed by atoms with van der Waals surface area (Å²) in [5.41, 5.74) is 1.13. The van der Waals surface area contributed by atoms with Gasteiger partial charge in [0.1, 0.15) is 0 Å². The molecule has 1 heterocycles. The van der Waals surface area contributed by atoms with Crippen molar-refractivity contribution in [1.29, 1.82) is 0 Å². The number of aryl methyl sites for hydroxylation is 1. The standard InChI is InChI=1S/C6H6N4O2/c11-10(12)5-3-1-2-4-6(5)8-9-7-4/h3H,1-2H2,(H,7,8,9). The third-order valence-electron chi connectivity index (χ3n) is 1.78. The van der Waals surface area contributed by atoms with E-state index in [2.05, 4.69) is 15.4 Å². The SMILES string of the molecule is O=[N+]([O-])C1=CCCc2n[nH]nc21. The first-order chi connectivity index (χ1) is 5.79. The van der Waals surface area contributed by atoms with Crippen LogP contribution in [0.3, 0.4) is 0 Å². The van der Waals surface area contributed by atoms with Crippen LogP contribution >= 0.6 is 0 Å². The molecule has 6 heteroatoms. The Morgan fingerprint density at radius 2 is 2.42 bits per heavy atom. The van der Waals surface area contributed by atoms with Gasteiger partial charge in [-0.05, 0) is 18.9 Å². The second-order valence-corrected chi connectivity index (χ2v) is 2.50. The van der Waals surface area contributed by atoms with Crippen molar-refractivity contribution in [1.82, 2.24) is 15.4 Å². The van der Waals surface area contributed by atoms with Gasteiger partial charge in [-0.3, -0.25) is 10.1 Å². The first-order valence-corrected chi connectivity index (χ1v) is 3.53. The van der Waals surface area contributed by atoms with Gasteiger partial charge >= 0.3 is 0 Å². The molecular weight excluding hydrogens is 160 g/mol. The molecule has 1 aliphatic rings. The van der Waals surface area contributed by atoms with Crippen LogP contribution in [0.1, 0.15) is 17.8 Å². The van der Waals surface area contributed by atoms with Crippen molar-refractivity contribution in [2.45, 2.75) is 12.8 Å². The summed E-state index contributed by atoms with van der Waals surface area (Å²) in [5.74, 6) is 0. The van der Waals surface area contributed by atoms with E-state index in [0.29, 0.717) is 17.8 Å². The number of nitrogens with one attached hydrogen (secondary N) is 1. The number of hydrogen-bond acceptors (Lipinski definition) is 4. The molecule has 62 valence electrons. The number of nitro groups is 1. The van der Waals surface area contributed by atoms with E-state index in [1.165, 1.54) is 0 Å². The Balaban J connectivity index is 2.50. The number of rotatable bonds is 1. The zero-order chi connectivity index (χ0) is 8.55. The van der Waals surface area contributed by atoms with Crippen LogP contribution in [0.2, 0.25) is 0 Å². The normalized spacial score (nSPS) is 15.2. The van der Waals surface area contributed by atoms with Crippen LogP contribution in [-0.2, 0) is 6.42 Å². The monoisotopic (exact) mass is 166 g/mol. The number of nitrogens with zero attached hydrogens (tertiary/aromatic N) is 3. The molecule has 1 aromatic rings. The van der Waals surface area contributed by atoms with Crippen molar-refractivity contribution in [3.05, 3.63) is 27.6 Å². The number of H-pyrrole nitrogens is 1. The van der Waals surface area contributed by atoms with Gasteiger partial charge in [-0.25, -0.2) is 0 Å². The zero-order valence-corrected chi connectivity index (χ0v) is 6.15. The second kappa shape index (κ2) is 2.40. The van der Waals surface area contributed by atoms with Gasteiger partial charge in [-0.1, -0.05) is 0 Å². The lowest BCUT2D eigenvalue weighted by molar-refractivity contribution is -0.376. The minimum Gasteiger partial charge on any atom is -0.258 e. The predicted molar refractivity (Wildman–Crippen MR) is 39.7 cm³/mol. The van der Waals surface area contributed by atoms with Crippen molar-refractivity contribution in [2.24, 2.45) is 0 Å². The predicted octanol–water partition coefficient (Wildman–Crippen LogP) is 0.368. The number of fused-ring (bicyclic) bond motifs is 1. The van der Waals surface area contributed by atoms with Crippen molar-refractivity contribution in [3.8, 4) is 0 Å². The molecule has 0 bridgehead atoms. The first kappa shape index (κ1) is 6.96. The molecule has 1 N–H and O–H groups in total. The van der Waals surface area contributed by atoms with Gasteiger partial charge in [0.15, 0.2) is 5.69 Å². The molecule has 1 aromatic heterocycles. The van der Waals surface area contributed by atoms with Gasteiger partial charge < -0.3 is 0 Å². The highest BCUT2D eigenvalue weighted by atomic mass is 16.6. The van der Waals surface area contributed by atoms with Gasteiger partial charge in [-0.15, -0.1) is 5.10 Å². The maximum absolute atomic E-state index is 10.5. The van der Waals surface area contributed by atoms with E-state index < -0.39 is 4.92 Å². The van der Waals surface area contributed by atoms with Crippen LogP contribution in [0.15, 0.2) is 6.08 Å². The topological polar surface area (TPSA) is 84.7 Å². The van der Waals surface area contributed by atoms with Crippen molar-refractivity contribution in [2.75, 3.05) is 0 Å². The summed E-state index contributed by atoms with van der Waals surface area (Å²) in [6.07, 6.45) is 2.96. The Morgan fingerprint density at radius 3 is 3.17 bits per heavy atom. The van der Waals surface area contributed by atoms with E-state index >= 15 is 0 Å². The fourth-order valence-corrected chi connectivity index (χ4v) is 1.24. The maximum Gasteiger partial charge on any atom is 0.294 e. The van der Waals surface area contributed by atoms with E-state index in [4.69, 9.17) is 0 Å². The molecule has 0 saturated heterocycles. The smallest absolute Gasteiger partial charge is 0.258 e. The second-order valence-electron chi connectivity index (χ2n) is 2.50. The molecule has 0 amide bonds. The van der Waals surface area contributed by atoms with Gasteiger partial charge in [0.25, 0.3) is 5.70 Å². The molecule has 0 spiro atoms. The fraction of sp³-hybridized carbons (Fsp3) is 0.333. The molecule has 6 nitrogen and oxygen atoms in total. The average Bonchev–Trinajstić information content (AvgIpc) is 2.49. The molecule has 1 aliphatic carbocycles. The minimum atomic E-state index is -0.430. The molecule has 0 radical (unpaired) electrons. The van der Waals surface area contributed by atoms with Gasteiger partial charge in [0.05, 0.1) is 10.6 Å². The van der Waals surface area contributed by atoms with Crippen LogP contribution in [-0.4, -0.2) is 20.3 Å². The van der Waals surface area contributed by atoms with Crippen LogP contribution in [0.5, 0.6) is 0 Å². The molecule has 0 aliphatic heterocycles. The lowest BCUT2D eigenvalue weighted by Gasteiger charge is -2.02. The summed E-state index contributed by atoms with van der Waals surface area (Å²) in [4.78, 5) is 10.0. The average molecular weight is 166 g/mol.